The number of nitrogens with zero attached hydrogens (tertiary/aromatic N) is 2. The van der Waals surface area contributed by atoms with E-state index in [4.69, 9.17) is 0 Å². The van der Waals surface area contributed by atoms with Gasteiger partial charge in [-0.15, -0.1) is 0 Å². The molecule has 0 spiro atoms. The highest BCUT2D eigenvalue weighted by molar-refractivity contribution is 5.60. The predicted molar refractivity (Wildman–Crippen MR) is 61.3 cm³/mol. The molecule has 0 saturated heterocycles. The Morgan fingerprint density at radius 2 is 1.68 bits per heavy atom. The molecule has 0 atom stereocenters. The van der Waals surface area contributed by atoms with Gasteiger partial charge in [-0.3, -0.25) is 15.1 Å². The summed E-state index contributed by atoms with van der Waals surface area (Å²) < 4.78 is 37.0. The standard InChI is InChI=1S/C12H7F3N2O2/c13-12(14,15)9-3-6-11(16-7-9)8-1-4-10(5-2-8)17(18)19/h1-7H. The summed E-state index contributed by atoms with van der Waals surface area (Å²) in [6.45, 7) is 0. The Morgan fingerprint density at radius 3 is 2.11 bits per heavy atom. The first kappa shape index (κ1) is 13.0. The van der Waals surface area contributed by atoms with Gasteiger partial charge in [0.05, 0.1) is 16.2 Å². The highest BCUT2D eigenvalue weighted by atomic mass is 19.4. The minimum atomic E-state index is -4.43. The molecular weight excluding hydrogens is 261 g/mol. The smallest absolute Gasteiger partial charge is 0.258 e. The van der Waals surface area contributed by atoms with Gasteiger partial charge in [-0.1, -0.05) is 0 Å². The molecule has 0 unspecified atom stereocenters. The molecule has 0 aliphatic carbocycles. The van der Waals surface area contributed by atoms with Crippen LogP contribution in [0.3, 0.4) is 0 Å². The molecule has 0 fully saturated rings. The number of aromatic nitrogens is 1. The van der Waals surface area contributed by atoms with E-state index in [1.165, 1.54) is 30.3 Å². The molecule has 19 heavy (non-hydrogen) atoms. The van der Waals surface area contributed by atoms with Gasteiger partial charge in [0.25, 0.3) is 5.69 Å². The summed E-state index contributed by atoms with van der Waals surface area (Å²) in [4.78, 5) is 13.6. The fourth-order valence-electron chi connectivity index (χ4n) is 1.49. The van der Waals surface area contributed by atoms with Gasteiger partial charge < -0.3 is 0 Å². The summed E-state index contributed by atoms with van der Waals surface area (Å²) in [5, 5.41) is 10.5. The highest BCUT2D eigenvalue weighted by Crippen LogP contribution is 2.29. The van der Waals surface area contributed by atoms with Gasteiger partial charge in [0.2, 0.25) is 0 Å². The topological polar surface area (TPSA) is 56.0 Å². The first-order chi connectivity index (χ1) is 8.88. The minimum absolute atomic E-state index is 0.0874. The predicted octanol–water partition coefficient (Wildman–Crippen LogP) is 3.68. The van der Waals surface area contributed by atoms with Gasteiger partial charge in [-0.25, -0.2) is 0 Å². The van der Waals surface area contributed by atoms with Crippen LogP contribution in [0.1, 0.15) is 5.56 Å². The zero-order chi connectivity index (χ0) is 14.0. The number of halogens is 3. The molecule has 2 rings (SSSR count). The van der Waals surface area contributed by atoms with Crippen molar-refractivity contribution in [3.63, 3.8) is 0 Å². The molecule has 1 aromatic carbocycles. The molecule has 2 aromatic rings. The second-order valence-electron chi connectivity index (χ2n) is 3.73. The van der Waals surface area contributed by atoms with Crippen LogP contribution in [0.25, 0.3) is 11.3 Å². The molecule has 0 N–H and O–H groups in total. The molecule has 0 saturated carbocycles. The van der Waals surface area contributed by atoms with Gasteiger partial charge in [0.15, 0.2) is 0 Å². The number of non-ortho nitro benzene ring substituents is 1. The molecule has 7 heteroatoms. The number of benzene rings is 1. The van der Waals surface area contributed by atoms with Gasteiger partial charge in [-0.2, -0.15) is 13.2 Å². The van der Waals surface area contributed by atoms with E-state index in [-0.39, 0.29) is 5.69 Å². The molecule has 0 bridgehead atoms. The van der Waals surface area contributed by atoms with Gasteiger partial charge >= 0.3 is 6.18 Å². The van der Waals surface area contributed by atoms with Crippen LogP contribution < -0.4 is 0 Å². The maximum Gasteiger partial charge on any atom is 0.417 e. The maximum atomic E-state index is 12.3. The van der Waals surface area contributed by atoms with Crippen LogP contribution in [0.4, 0.5) is 18.9 Å². The number of nitro groups is 1. The van der Waals surface area contributed by atoms with Crippen molar-refractivity contribution in [3.8, 4) is 11.3 Å². The second kappa shape index (κ2) is 4.68. The van der Waals surface area contributed by atoms with E-state index in [0.717, 1.165) is 12.3 Å². The van der Waals surface area contributed by atoms with Crippen molar-refractivity contribution in [2.75, 3.05) is 0 Å². The van der Waals surface area contributed by atoms with E-state index in [1.54, 1.807) is 0 Å². The third kappa shape index (κ3) is 2.87. The number of rotatable bonds is 2. The average molecular weight is 268 g/mol. The van der Waals surface area contributed by atoms with Crippen LogP contribution in [-0.2, 0) is 6.18 Å². The largest absolute Gasteiger partial charge is 0.417 e. The van der Waals surface area contributed by atoms with E-state index in [0.29, 0.717) is 11.3 Å². The lowest BCUT2D eigenvalue weighted by Gasteiger charge is -2.06. The lowest BCUT2D eigenvalue weighted by Crippen LogP contribution is -2.05. The second-order valence-corrected chi connectivity index (χ2v) is 3.73. The molecule has 1 aromatic heterocycles. The monoisotopic (exact) mass is 268 g/mol. The molecule has 0 radical (unpaired) electrons. The summed E-state index contributed by atoms with van der Waals surface area (Å²) in [6.07, 6.45) is -3.70. The van der Waals surface area contributed by atoms with Crippen LogP contribution >= 0.6 is 0 Å². The van der Waals surface area contributed by atoms with Crippen LogP contribution in [0, 0.1) is 10.1 Å². The van der Waals surface area contributed by atoms with Crippen molar-refractivity contribution < 1.29 is 18.1 Å². The maximum absolute atomic E-state index is 12.3. The summed E-state index contributed by atoms with van der Waals surface area (Å²) in [5.41, 5.74) is -0.0870. The normalized spacial score (nSPS) is 11.3. The number of hydrogen-bond donors (Lipinski definition) is 0. The van der Waals surface area contributed by atoms with Crippen molar-refractivity contribution in [1.29, 1.82) is 0 Å². The summed E-state index contributed by atoms with van der Waals surface area (Å²) >= 11 is 0. The first-order valence-electron chi connectivity index (χ1n) is 5.16. The van der Waals surface area contributed by atoms with E-state index in [9.17, 15) is 23.3 Å². The van der Waals surface area contributed by atoms with Crippen molar-refractivity contribution in [2.24, 2.45) is 0 Å². The number of hydrogen-bond acceptors (Lipinski definition) is 3. The number of pyridine rings is 1. The van der Waals surface area contributed by atoms with E-state index in [2.05, 4.69) is 4.98 Å². The Morgan fingerprint density at radius 1 is 1.05 bits per heavy atom. The lowest BCUT2D eigenvalue weighted by molar-refractivity contribution is -0.384. The average Bonchev–Trinajstić information content (AvgIpc) is 2.38. The molecule has 1 heterocycles. The molecular formula is C12H7F3N2O2. The van der Waals surface area contributed by atoms with Crippen LogP contribution in [0.15, 0.2) is 42.6 Å². The van der Waals surface area contributed by atoms with E-state index < -0.39 is 16.7 Å². The van der Waals surface area contributed by atoms with E-state index >= 15 is 0 Å². The molecule has 0 aliphatic rings. The Balaban J connectivity index is 2.30. The Hall–Kier alpha value is -2.44. The minimum Gasteiger partial charge on any atom is -0.258 e. The Labute approximate surface area is 105 Å². The number of alkyl halides is 3. The zero-order valence-corrected chi connectivity index (χ0v) is 9.39. The third-order valence-electron chi connectivity index (χ3n) is 2.46. The molecule has 0 aliphatic heterocycles. The SMILES string of the molecule is O=[N+]([O-])c1ccc(-c2ccc(C(F)(F)F)cn2)cc1. The summed E-state index contributed by atoms with van der Waals surface area (Å²) in [6, 6.07) is 7.57. The van der Waals surface area contributed by atoms with Crippen LogP contribution in [-0.4, -0.2) is 9.91 Å². The van der Waals surface area contributed by atoms with Gasteiger partial charge in [0, 0.05) is 23.9 Å². The van der Waals surface area contributed by atoms with Crippen molar-refractivity contribution >= 4 is 5.69 Å². The number of nitro benzene ring substituents is 1. The van der Waals surface area contributed by atoms with Gasteiger partial charge in [-0.05, 0) is 24.3 Å². The Kier molecular flexibility index (Phi) is 3.20. The van der Waals surface area contributed by atoms with Crippen molar-refractivity contribution in [2.45, 2.75) is 6.18 Å². The third-order valence-corrected chi connectivity index (χ3v) is 2.46. The van der Waals surface area contributed by atoms with Gasteiger partial charge in [0.1, 0.15) is 0 Å². The Bertz CT molecular complexity index is 592. The summed E-state index contributed by atoms with van der Waals surface area (Å²) in [5.74, 6) is 0. The van der Waals surface area contributed by atoms with Crippen LogP contribution in [0.2, 0.25) is 0 Å². The van der Waals surface area contributed by atoms with Crippen molar-refractivity contribution in [3.05, 3.63) is 58.3 Å². The van der Waals surface area contributed by atoms with Crippen LogP contribution in [0.5, 0.6) is 0 Å². The fraction of sp³-hybridized carbons (Fsp3) is 0.0833. The van der Waals surface area contributed by atoms with Crippen molar-refractivity contribution in [1.82, 2.24) is 4.98 Å². The molecule has 98 valence electrons. The van der Waals surface area contributed by atoms with E-state index in [1.807, 2.05) is 0 Å². The zero-order valence-electron chi connectivity index (χ0n) is 9.39. The summed E-state index contributed by atoms with van der Waals surface area (Å²) in [7, 11) is 0. The highest BCUT2D eigenvalue weighted by Gasteiger charge is 2.30. The lowest BCUT2D eigenvalue weighted by atomic mass is 10.1. The molecule has 4 nitrogen and oxygen atoms in total. The fourth-order valence-corrected chi connectivity index (χ4v) is 1.49. The quantitative estimate of drug-likeness (QED) is 0.616. The molecule has 0 amide bonds. The first-order valence-corrected chi connectivity index (χ1v) is 5.16.